The van der Waals surface area contributed by atoms with Crippen LogP contribution in [0.2, 0.25) is 0 Å². The molecule has 2 aliphatic rings. The Morgan fingerprint density at radius 3 is 2.48 bits per heavy atom. The number of amides is 2. The van der Waals surface area contributed by atoms with E-state index in [2.05, 4.69) is 66.8 Å². The van der Waals surface area contributed by atoms with Crippen molar-refractivity contribution in [2.75, 3.05) is 25.0 Å². The molecule has 0 saturated carbocycles. The van der Waals surface area contributed by atoms with E-state index in [1.165, 1.54) is 16.7 Å². The van der Waals surface area contributed by atoms with Crippen molar-refractivity contribution in [1.82, 2.24) is 4.90 Å². The molecular weight excluding hydrogens is 412 g/mol. The van der Waals surface area contributed by atoms with Crippen molar-refractivity contribution in [2.45, 2.75) is 25.7 Å². The summed E-state index contributed by atoms with van der Waals surface area (Å²) >= 11 is 0. The van der Waals surface area contributed by atoms with Gasteiger partial charge in [-0.1, -0.05) is 60.2 Å². The van der Waals surface area contributed by atoms with E-state index >= 15 is 0 Å². The zero-order valence-electron chi connectivity index (χ0n) is 18.8. The van der Waals surface area contributed by atoms with Gasteiger partial charge >= 0.3 is 0 Å². The maximum Gasteiger partial charge on any atom is 0.262 e. The van der Waals surface area contributed by atoms with Crippen LogP contribution in [0.25, 0.3) is 0 Å². The third-order valence-electron chi connectivity index (χ3n) is 6.72. The van der Waals surface area contributed by atoms with Crippen molar-refractivity contribution in [2.24, 2.45) is 5.92 Å². The SMILES string of the molecule is Cc1cccc([C@@H](c2ccccc2)C2CCN(C(=O)c3ccc4c(c3)NC(=O)CO4)CC2)c1. The summed E-state index contributed by atoms with van der Waals surface area (Å²) in [5, 5.41) is 2.79. The molecule has 5 heteroatoms. The number of carbonyl (C=O) groups excluding carboxylic acids is 2. The average Bonchev–Trinajstić information content (AvgIpc) is 2.84. The van der Waals surface area contributed by atoms with Gasteiger partial charge < -0.3 is 15.0 Å². The number of rotatable bonds is 4. The largest absolute Gasteiger partial charge is 0.482 e. The molecule has 2 amide bonds. The number of benzene rings is 3. The van der Waals surface area contributed by atoms with Crippen LogP contribution in [0.4, 0.5) is 5.69 Å². The Hall–Kier alpha value is -3.60. The predicted molar refractivity (Wildman–Crippen MR) is 129 cm³/mol. The number of aryl methyl sites for hydroxylation is 1. The number of hydrogen-bond acceptors (Lipinski definition) is 3. The first-order valence-electron chi connectivity index (χ1n) is 11.6. The molecule has 0 spiro atoms. The highest BCUT2D eigenvalue weighted by Gasteiger charge is 2.31. The van der Waals surface area contributed by atoms with E-state index in [0.717, 1.165) is 25.9 Å². The molecule has 5 nitrogen and oxygen atoms in total. The third kappa shape index (κ3) is 4.49. The molecule has 1 N–H and O–H groups in total. The summed E-state index contributed by atoms with van der Waals surface area (Å²) < 4.78 is 5.41. The lowest BCUT2D eigenvalue weighted by molar-refractivity contribution is -0.118. The molecule has 3 aromatic rings. The first kappa shape index (κ1) is 21.3. The van der Waals surface area contributed by atoms with Crippen molar-refractivity contribution in [3.8, 4) is 5.75 Å². The van der Waals surface area contributed by atoms with Crippen LogP contribution in [0, 0.1) is 12.8 Å². The quantitative estimate of drug-likeness (QED) is 0.620. The molecule has 0 bridgehead atoms. The molecule has 1 fully saturated rings. The van der Waals surface area contributed by atoms with Gasteiger partial charge in [0, 0.05) is 24.6 Å². The van der Waals surface area contributed by atoms with Crippen LogP contribution in [-0.4, -0.2) is 36.4 Å². The zero-order valence-corrected chi connectivity index (χ0v) is 18.8. The molecule has 1 atom stereocenters. The van der Waals surface area contributed by atoms with Crippen molar-refractivity contribution in [1.29, 1.82) is 0 Å². The molecule has 0 radical (unpaired) electrons. The van der Waals surface area contributed by atoms with Gasteiger partial charge in [0.2, 0.25) is 0 Å². The minimum absolute atomic E-state index is 0.00268. The maximum absolute atomic E-state index is 13.2. The van der Waals surface area contributed by atoms with Gasteiger partial charge in [-0.3, -0.25) is 9.59 Å². The Morgan fingerprint density at radius 1 is 0.970 bits per heavy atom. The smallest absolute Gasteiger partial charge is 0.262 e. The van der Waals surface area contributed by atoms with Crippen LogP contribution >= 0.6 is 0 Å². The lowest BCUT2D eigenvalue weighted by Crippen LogP contribution is -2.40. The fraction of sp³-hybridized carbons (Fsp3) is 0.286. The standard InChI is InChI=1S/C28H28N2O3/c1-19-6-5-9-22(16-19)27(20-7-3-2-4-8-20)21-12-14-30(15-13-21)28(32)23-10-11-25-24(17-23)29-26(31)18-33-25/h2-11,16-17,21,27H,12-15,18H2,1H3,(H,29,31)/t27-/m0/s1. The number of nitrogens with zero attached hydrogens (tertiary/aromatic N) is 1. The normalized spacial score (nSPS) is 17.0. The zero-order chi connectivity index (χ0) is 22.8. The number of hydrogen-bond donors (Lipinski definition) is 1. The van der Waals surface area contributed by atoms with E-state index in [1.54, 1.807) is 18.2 Å². The van der Waals surface area contributed by atoms with Gasteiger partial charge in [-0.2, -0.15) is 0 Å². The molecule has 2 aliphatic heterocycles. The minimum Gasteiger partial charge on any atom is -0.482 e. The Morgan fingerprint density at radius 2 is 1.73 bits per heavy atom. The number of ether oxygens (including phenoxy) is 1. The van der Waals surface area contributed by atoms with Crippen molar-refractivity contribution < 1.29 is 14.3 Å². The van der Waals surface area contributed by atoms with Crippen molar-refractivity contribution in [3.05, 3.63) is 95.1 Å². The van der Waals surface area contributed by atoms with Crippen LogP contribution in [0.5, 0.6) is 5.75 Å². The second kappa shape index (κ2) is 9.10. The average molecular weight is 441 g/mol. The molecule has 0 aromatic heterocycles. The van der Waals surface area contributed by atoms with E-state index in [-0.39, 0.29) is 18.4 Å². The summed E-state index contributed by atoms with van der Waals surface area (Å²) in [6.45, 7) is 3.59. The van der Waals surface area contributed by atoms with E-state index in [9.17, 15) is 9.59 Å². The van der Waals surface area contributed by atoms with E-state index in [0.29, 0.717) is 28.8 Å². The lowest BCUT2D eigenvalue weighted by atomic mass is 9.76. The van der Waals surface area contributed by atoms with E-state index in [4.69, 9.17) is 4.74 Å². The third-order valence-corrected chi connectivity index (χ3v) is 6.72. The molecule has 1 saturated heterocycles. The maximum atomic E-state index is 13.2. The van der Waals surface area contributed by atoms with Crippen molar-refractivity contribution >= 4 is 17.5 Å². The highest BCUT2D eigenvalue weighted by atomic mass is 16.5. The molecule has 5 rings (SSSR count). The molecule has 33 heavy (non-hydrogen) atoms. The fourth-order valence-electron chi connectivity index (χ4n) is 5.10. The minimum atomic E-state index is -0.198. The van der Waals surface area contributed by atoms with Gasteiger partial charge in [0.1, 0.15) is 5.75 Å². The van der Waals surface area contributed by atoms with Gasteiger partial charge in [-0.05, 0) is 55.0 Å². The highest BCUT2D eigenvalue weighted by molar-refractivity contribution is 5.99. The summed E-state index contributed by atoms with van der Waals surface area (Å²) in [6, 6.07) is 24.8. The van der Waals surface area contributed by atoms with Gasteiger partial charge in [-0.25, -0.2) is 0 Å². The molecule has 3 aromatic carbocycles. The molecule has 0 aliphatic carbocycles. The second-order valence-electron chi connectivity index (χ2n) is 8.98. The van der Waals surface area contributed by atoms with Gasteiger partial charge in [0.05, 0.1) is 5.69 Å². The Kier molecular flexibility index (Phi) is 5.86. The monoisotopic (exact) mass is 440 g/mol. The molecule has 168 valence electrons. The van der Waals surface area contributed by atoms with Crippen LogP contribution < -0.4 is 10.1 Å². The van der Waals surface area contributed by atoms with Gasteiger partial charge in [0.25, 0.3) is 11.8 Å². The van der Waals surface area contributed by atoms with E-state index < -0.39 is 0 Å². The topological polar surface area (TPSA) is 58.6 Å². The van der Waals surface area contributed by atoms with Gasteiger partial charge in [-0.15, -0.1) is 0 Å². The Balaban J connectivity index is 1.32. The van der Waals surface area contributed by atoms with Crippen LogP contribution in [0.1, 0.15) is 45.8 Å². The number of fused-ring (bicyclic) bond motifs is 1. The number of piperidine rings is 1. The highest BCUT2D eigenvalue weighted by Crippen LogP contribution is 2.38. The molecule has 2 heterocycles. The first-order chi connectivity index (χ1) is 16.1. The van der Waals surface area contributed by atoms with E-state index in [1.807, 2.05) is 4.90 Å². The van der Waals surface area contributed by atoms with Crippen LogP contribution in [-0.2, 0) is 4.79 Å². The number of carbonyl (C=O) groups is 2. The van der Waals surface area contributed by atoms with Crippen molar-refractivity contribution in [3.63, 3.8) is 0 Å². The Bertz CT molecular complexity index is 1170. The molecular formula is C28H28N2O3. The molecule has 0 unspecified atom stereocenters. The Labute approximate surface area is 194 Å². The predicted octanol–water partition coefficient (Wildman–Crippen LogP) is 5.01. The van der Waals surface area contributed by atoms with Crippen LogP contribution in [0.3, 0.4) is 0 Å². The summed E-state index contributed by atoms with van der Waals surface area (Å²) in [5.41, 5.74) is 5.09. The first-order valence-corrected chi connectivity index (χ1v) is 11.6. The summed E-state index contributed by atoms with van der Waals surface area (Å²) in [6.07, 6.45) is 1.90. The summed E-state index contributed by atoms with van der Waals surface area (Å²) in [4.78, 5) is 26.8. The van der Waals surface area contributed by atoms with Crippen LogP contribution in [0.15, 0.2) is 72.8 Å². The number of anilines is 1. The number of nitrogens with one attached hydrogen (secondary N) is 1. The summed E-state index contributed by atoms with van der Waals surface area (Å²) in [5.74, 6) is 1.20. The summed E-state index contributed by atoms with van der Waals surface area (Å²) in [7, 11) is 0. The second-order valence-corrected chi connectivity index (χ2v) is 8.98. The number of likely N-dealkylation sites (tertiary alicyclic amines) is 1. The lowest BCUT2D eigenvalue weighted by Gasteiger charge is -2.37. The fourth-order valence-corrected chi connectivity index (χ4v) is 5.10. The van der Waals surface area contributed by atoms with Gasteiger partial charge in [0.15, 0.2) is 6.61 Å².